The normalized spacial score (nSPS) is 10.8. The standard InChI is InChI=1S/C25H23BrN4O2S/c1-3-32-22-14-12-21(13-15-22)30-24(18-6-4-17(2)5-7-18)28-29-25(30)33-16-23(31)27-20-10-8-19(26)9-11-20/h4-15H,3,16H2,1-2H3,(H,27,31). The van der Waals surface area contributed by atoms with E-state index in [-0.39, 0.29) is 11.7 Å². The third-order valence-corrected chi connectivity index (χ3v) is 6.27. The quantitative estimate of drug-likeness (QED) is 0.281. The molecule has 1 amide bonds. The van der Waals surface area contributed by atoms with E-state index in [0.29, 0.717) is 11.8 Å². The SMILES string of the molecule is CCOc1ccc(-n2c(SCC(=O)Nc3ccc(Br)cc3)nnc2-c2ccc(C)cc2)cc1. The molecular weight excluding hydrogens is 500 g/mol. The van der Waals surface area contributed by atoms with Crippen molar-refractivity contribution in [3.05, 3.63) is 82.8 Å². The van der Waals surface area contributed by atoms with Gasteiger partial charge in [0.05, 0.1) is 12.4 Å². The van der Waals surface area contributed by atoms with Gasteiger partial charge in [-0.05, 0) is 62.4 Å². The van der Waals surface area contributed by atoms with Gasteiger partial charge in [-0.15, -0.1) is 10.2 Å². The van der Waals surface area contributed by atoms with E-state index < -0.39 is 0 Å². The molecule has 8 heteroatoms. The molecule has 4 rings (SSSR count). The first-order valence-electron chi connectivity index (χ1n) is 10.5. The lowest BCUT2D eigenvalue weighted by atomic mass is 10.1. The van der Waals surface area contributed by atoms with Crippen LogP contribution in [-0.2, 0) is 4.79 Å². The van der Waals surface area contributed by atoms with E-state index in [9.17, 15) is 4.79 Å². The number of halogens is 1. The van der Waals surface area contributed by atoms with Gasteiger partial charge in [-0.3, -0.25) is 9.36 Å². The fraction of sp³-hybridized carbons (Fsp3) is 0.160. The van der Waals surface area contributed by atoms with Crippen LogP contribution in [0.3, 0.4) is 0 Å². The summed E-state index contributed by atoms with van der Waals surface area (Å²) in [5.41, 5.74) is 3.77. The predicted molar refractivity (Wildman–Crippen MR) is 136 cm³/mol. The van der Waals surface area contributed by atoms with Gasteiger partial charge in [-0.2, -0.15) is 0 Å². The maximum Gasteiger partial charge on any atom is 0.234 e. The summed E-state index contributed by atoms with van der Waals surface area (Å²) >= 11 is 4.74. The second-order valence-corrected chi connectivity index (χ2v) is 9.14. The number of carbonyl (C=O) groups excluding carboxylic acids is 1. The number of hydrogen-bond acceptors (Lipinski definition) is 5. The van der Waals surface area contributed by atoms with Crippen molar-refractivity contribution < 1.29 is 9.53 Å². The lowest BCUT2D eigenvalue weighted by Gasteiger charge is -2.12. The number of rotatable bonds is 8. The van der Waals surface area contributed by atoms with Crippen molar-refractivity contribution in [2.24, 2.45) is 0 Å². The fourth-order valence-electron chi connectivity index (χ4n) is 3.20. The van der Waals surface area contributed by atoms with Gasteiger partial charge in [0.15, 0.2) is 11.0 Å². The predicted octanol–water partition coefficient (Wildman–Crippen LogP) is 6.13. The van der Waals surface area contributed by atoms with E-state index in [4.69, 9.17) is 4.74 Å². The molecule has 0 spiro atoms. The molecule has 0 radical (unpaired) electrons. The van der Waals surface area contributed by atoms with Gasteiger partial charge in [-0.1, -0.05) is 57.5 Å². The molecule has 0 aliphatic heterocycles. The summed E-state index contributed by atoms with van der Waals surface area (Å²) < 4.78 is 8.51. The van der Waals surface area contributed by atoms with Crippen molar-refractivity contribution in [1.29, 1.82) is 0 Å². The minimum atomic E-state index is -0.111. The fourth-order valence-corrected chi connectivity index (χ4v) is 4.22. The van der Waals surface area contributed by atoms with E-state index in [1.165, 1.54) is 17.3 Å². The van der Waals surface area contributed by atoms with Gasteiger partial charge in [0, 0.05) is 21.4 Å². The van der Waals surface area contributed by atoms with E-state index in [1.807, 2.05) is 91.2 Å². The Balaban J connectivity index is 1.59. The molecule has 3 aromatic carbocycles. The topological polar surface area (TPSA) is 69.0 Å². The van der Waals surface area contributed by atoms with E-state index in [2.05, 4.69) is 31.4 Å². The number of aryl methyl sites for hydroxylation is 1. The van der Waals surface area contributed by atoms with Gasteiger partial charge in [-0.25, -0.2) is 0 Å². The van der Waals surface area contributed by atoms with Crippen LogP contribution in [0, 0.1) is 6.92 Å². The lowest BCUT2D eigenvalue weighted by Crippen LogP contribution is -2.14. The number of hydrogen-bond donors (Lipinski definition) is 1. The first-order chi connectivity index (χ1) is 16.0. The second kappa shape index (κ2) is 10.7. The Morgan fingerprint density at radius 1 is 1.00 bits per heavy atom. The number of nitrogens with zero attached hydrogens (tertiary/aromatic N) is 3. The van der Waals surface area contributed by atoms with E-state index in [0.717, 1.165) is 33.0 Å². The molecule has 168 valence electrons. The third kappa shape index (κ3) is 5.83. The first-order valence-corrected chi connectivity index (χ1v) is 12.3. The minimum absolute atomic E-state index is 0.111. The Bertz CT molecular complexity index is 1220. The van der Waals surface area contributed by atoms with E-state index >= 15 is 0 Å². The van der Waals surface area contributed by atoms with Crippen LogP contribution in [0.2, 0.25) is 0 Å². The second-order valence-electron chi connectivity index (χ2n) is 7.28. The number of amides is 1. The highest BCUT2D eigenvalue weighted by molar-refractivity contribution is 9.10. The molecule has 0 atom stereocenters. The van der Waals surface area contributed by atoms with Crippen LogP contribution in [0.25, 0.3) is 17.1 Å². The summed E-state index contributed by atoms with van der Waals surface area (Å²) in [6, 6.07) is 23.4. The highest BCUT2D eigenvalue weighted by atomic mass is 79.9. The number of ether oxygens (including phenoxy) is 1. The maximum absolute atomic E-state index is 12.5. The Hall–Kier alpha value is -3.10. The number of anilines is 1. The molecule has 1 heterocycles. The summed E-state index contributed by atoms with van der Waals surface area (Å²) in [5.74, 6) is 1.61. The maximum atomic E-state index is 12.5. The highest BCUT2D eigenvalue weighted by Crippen LogP contribution is 2.29. The molecule has 4 aromatic rings. The lowest BCUT2D eigenvalue weighted by molar-refractivity contribution is -0.113. The third-order valence-electron chi connectivity index (χ3n) is 4.81. The molecule has 0 bridgehead atoms. The molecule has 0 saturated carbocycles. The van der Waals surface area contributed by atoms with Gasteiger partial charge in [0.2, 0.25) is 5.91 Å². The summed E-state index contributed by atoms with van der Waals surface area (Å²) in [4.78, 5) is 12.5. The van der Waals surface area contributed by atoms with Gasteiger partial charge < -0.3 is 10.1 Å². The Labute approximate surface area is 205 Å². The molecule has 1 aromatic heterocycles. The van der Waals surface area contributed by atoms with Gasteiger partial charge in [0.25, 0.3) is 0 Å². The van der Waals surface area contributed by atoms with E-state index in [1.54, 1.807) is 0 Å². The zero-order valence-electron chi connectivity index (χ0n) is 18.3. The average molecular weight is 523 g/mol. The molecule has 0 aliphatic carbocycles. The molecule has 33 heavy (non-hydrogen) atoms. The molecule has 1 N–H and O–H groups in total. The Morgan fingerprint density at radius 3 is 2.36 bits per heavy atom. The zero-order valence-corrected chi connectivity index (χ0v) is 20.7. The van der Waals surface area contributed by atoms with Crippen molar-refractivity contribution in [1.82, 2.24) is 14.8 Å². The number of nitrogens with one attached hydrogen (secondary N) is 1. The number of aromatic nitrogens is 3. The highest BCUT2D eigenvalue weighted by Gasteiger charge is 2.17. The van der Waals surface area contributed by atoms with Crippen molar-refractivity contribution >= 4 is 39.3 Å². The smallest absolute Gasteiger partial charge is 0.234 e. The minimum Gasteiger partial charge on any atom is -0.494 e. The molecule has 6 nitrogen and oxygen atoms in total. The van der Waals surface area contributed by atoms with Crippen LogP contribution in [0.15, 0.2) is 82.4 Å². The summed E-state index contributed by atoms with van der Waals surface area (Å²) in [6.07, 6.45) is 0. The molecule has 0 aliphatic rings. The zero-order chi connectivity index (χ0) is 23.2. The summed E-state index contributed by atoms with van der Waals surface area (Å²) in [5, 5.41) is 12.4. The molecule has 0 fully saturated rings. The van der Waals surface area contributed by atoms with Crippen LogP contribution in [0.1, 0.15) is 12.5 Å². The summed E-state index contributed by atoms with van der Waals surface area (Å²) in [6.45, 7) is 4.61. The largest absolute Gasteiger partial charge is 0.494 e. The molecule has 0 saturated heterocycles. The number of benzene rings is 3. The van der Waals surface area contributed by atoms with Crippen molar-refractivity contribution in [2.75, 3.05) is 17.7 Å². The van der Waals surface area contributed by atoms with Crippen molar-refractivity contribution in [2.45, 2.75) is 19.0 Å². The van der Waals surface area contributed by atoms with Crippen LogP contribution >= 0.6 is 27.7 Å². The van der Waals surface area contributed by atoms with Crippen molar-refractivity contribution in [3.8, 4) is 22.8 Å². The number of carbonyl (C=O) groups is 1. The Kier molecular flexibility index (Phi) is 7.47. The average Bonchev–Trinajstić information content (AvgIpc) is 3.24. The molecule has 0 unspecified atom stereocenters. The van der Waals surface area contributed by atoms with Gasteiger partial charge >= 0.3 is 0 Å². The van der Waals surface area contributed by atoms with Crippen LogP contribution in [0.4, 0.5) is 5.69 Å². The van der Waals surface area contributed by atoms with Crippen molar-refractivity contribution in [3.63, 3.8) is 0 Å². The monoisotopic (exact) mass is 522 g/mol. The number of thioether (sulfide) groups is 1. The molecular formula is C25H23BrN4O2S. The van der Waals surface area contributed by atoms with Crippen LogP contribution < -0.4 is 10.1 Å². The van der Waals surface area contributed by atoms with Crippen LogP contribution in [-0.4, -0.2) is 33.0 Å². The summed E-state index contributed by atoms with van der Waals surface area (Å²) in [7, 11) is 0. The Morgan fingerprint density at radius 2 is 1.70 bits per heavy atom. The first kappa shape index (κ1) is 23.1. The van der Waals surface area contributed by atoms with Gasteiger partial charge in [0.1, 0.15) is 5.75 Å². The van der Waals surface area contributed by atoms with Crippen LogP contribution in [0.5, 0.6) is 5.75 Å².